The number of amides is 2. The standard InChI is InChI=1S/2C17H11BrN2O/c18-15-8-4-7-14-13(15)9-10-20(16(14)11-19)17(21)12-5-2-1-3-6-12;18-14-7-6-12-8-9-20(16(11-19)15(12)10-14)17(21)13-4-2-1-3-5-13/h2*1-10,16H. The van der Waals surface area contributed by atoms with Crippen molar-refractivity contribution in [2.45, 2.75) is 12.1 Å². The highest BCUT2D eigenvalue weighted by atomic mass is 79.9. The van der Waals surface area contributed by atoms with E-state index in [-0.39, 0.29) is 11.8 Å². The first-order valence-corrected chi connectivity index (χ1v) is 14.5. The zero-order valence-electron chi connectivity index (χ0n) is 22.1. The summed E-state index contributed by atoms with van der Waals surface area (Å²) in [7, 11) is 0. The number of carbonyl (C=O) groups excluding carboxylic acids is 2. The van der Waals surface area contributed by atoms with E-state index >= 15 is 0 Å². The van der Waals surface area contributed by atoms with Crippen LogP contribution in [0.1, 0.15) is 55.1 Å². The van der Waals surface area contributed by atoms with Crippen molar-refractivity contribution < 1.29 is 9.59 Å². The van der Waals surface area contributed by atoms with Gasteiger partial charge in [-0.1, -0.05) is 86.5 Å². The molecule has 2 atom stereocenters. The minimum atomic E-state index is -0.616. The molecule has 0 bridgehead atoms. The highest BCUT2D eigenvalue weighted by Gasteiger charge is 2.30. The van der Waals surface area contributed by atoms with Gasteiger partial charge in [0.25, 0.3) is 11.8 Å². The first kappa shape index (κ1) is 28.8. The molecule has 0 saturated heterocycles. The van der Waals surface area contributed by atoms with Crippen LogP contribution in [0, 0.1) is 22.7 Å². The van der Waals surface area contributed by atoms with Gasteiger partial charge in [0.05, 0.1) is 12.1 Å². The van der Waals surface area contributed by atoms with E-state index in [1.165, 1.54) is 9.80 Å². The van der Waals surface area contributed by atoms with Gasteiger partial charge in [-0.2, -0.15) is 10.5 Å². The number of nitriles is 2. The van der Waals surface area contributed by atoms with Gasteiger partial charge in [-0.25, -0.2) is 0 Å². The third kappa shape index (κ3) is 5.82. The van der Waals surface area contributed by atoms with Gasteiger partial charge in [0.2, 0.25) is 0 Å². The third-order valence-corrected chi connectivity index (χ3v) is 8.04. The Bertz CT molecular complexity index is 1780. The zero-order valence-corrected chi connectivity index (χ0v) is 25.2. The monoisotopic (exact) mass is 676 g/mol. The van der Waals surface area contributed by atoms with E-state index in [2.05, 4.69) is 44.0 Å². The third-order valence-electron chi connectivity index (χ3n) is 6.85. The molecule has 2 aliphatic heterocycles. The molecular weight excluding hydrogens is 656 g/mol. The number of nitrogens with zero attached hydrogens (tertiary/aromatic N) is 4. The number of benzene rings is 4. The van der Waals surface area contributed by atoms with Crippen LogP contribution in [0.2, 0.25) is 0 Å². The van der Waals surface area contributed by atoms with E-state index in [0.29, 0.717) is 11.1 Å². The largest absolute Gasteiger partial charge is 0.294 e. The van der Waals surface area contributed by atoms with Gasteiger partial charge >= 0.3 is 0 Å². The molecule has 0 aliphatic carbocycles. The van der Waals surface area contributed by atoms with Crippen molar-refractivity contribution in [3.05, 3.63) is 152 Å². The normalized spacial score (nSPS) is 16.2. The summed E-state index contributed by atoms with van der Waals surface area (Å²) in [5, 5.41) is 19.0. The first-order chi connectivity index (χ1) is 20.4. The van der Waals surface area contributed by atoms with Crippen LogP contribution in [-0.2, 0) is 0 Å². The fourth-order valence-corrected chi connectivity index (χ4v) is 5.67. The van der Waals surface area contributed by atoms with Crippen molar-refractivity contribution >= 4 is 55.8 Å². The molecule has 6 rings (SSSR count). The Balaban J connectivity index is 0.000000168. The van der Waals surface area contributed by atoms with E-state index in [1.807, 2.05) is 84.9 Å². The number of hydrogen-bond donors (Lipinski definition) is 0. The quantitative estimate of drug-likeness (QED) is 0.214. The van der Waals surface area contributed by atoms with Crippen molar-refractivity contribution in [2.24, 2.45) is 0 Å². The van der Waals surface area contributed by atoms with E-state index in [0.717, 1.165) is 31.2 Å². The molecule has 8 heteroatoms. The Morgan fingerprint density at radius 3 is 1.76 bits per heavy atom. The zero-order chi connectivity index (χ0) is 29.6. The molecule has 42 heavy (non-hydrogen) atoms. The first-order valence-electron chi connectivity index (χ1n) is 12.9. The van der Waals surface area contributed by atoms with Crippen LogP contribution >= 0.6 is 31.9 Å². The minimum absolute atomic E-state index is 0.177. The second-order valence-electron chi connectivity index (χ2n) is 9.37. The molecule has 0 N–H and O–H groups in total. The highest BCUT2D eigenvalue weighted by molar-refractivity contribution is 9.10. The number of rotatable bonds is 2. The summed E-state index contributed by atoms with van der Waals surface area (Å²) in [5.41, 5.74) is 4.71. The predicted molar refractivity (Wildman–Crippen MR) is 168 cm³/mol. The number of halogens is 2. The van der Waals surface area contributed by atoms with Crippen LogP contribution in [0.15, 0.2) is 118 Å². The van der Waals surface area contributed by atoms with Crippen molar-refractivity contribution in [3.8, 4) is 12.1 Å². The van der Waals surface area contributed by atoms with Crippen molar-refractivity contribution in [2.75, 3.05) is 0 Å². The van der Waals surface area contributed by atoms with Gasteiger partial charge in [0.15, 0.2) is 0 Å². The summed E-state index contributed by atoms with van der Waals surface area (Å²) in [5.74, 6) is -0.354. The van der Waals surface area contributed by atoms with Crippen LogP contribution in [0.3, 0.4) is 0 Å². The Morgan fingerprint density at radius 2 is 1.19 bits per heavy atom. The molecule has 0 spiro atoms. The van der Waals surface area contributed by atoms with E-state index in [4.69, 9.17) is 0 Å². The lowest BCUT2D eigenvalue weighted by Crippen LogP contribution is -2.31. The number of hydrogen-bond acceptors (Lipinski definition) is 4. The molecule has 0 radical (unpaired) electrons. The maximum atomic E-state index is 12.6. The maximum Gasteiger partial charge on any atom is 0.259 e. The molecule has 0 saturated carbocycles. The lowest BCUT2D eigenvalue weighted by molar-refractivity contribution is 0.0786. The Hall–Kier alpha value is -4.76. The molecule has 2 heterocycles. The average molecular weight is 678 g/mol. The molecule has 4 aromatic carbocycles. The predicted octanol–water partition coefficient (Wildman–Crippen LogP) is 8.28. The topological polar surface area (TPSA) is 88.2 Å². The highest BCUT2D eigenvalue weighted by Crippen LogP contribution is 2.35. The molecular formula is C34H22Br2N4O2. The van der Waals surface area contributed by atoms with Crippen molar-refractivity contribution in [3.63, 3.8) is 0 Å². The number of carbonyl (C=O) groups is 2. The molecule has 0 aromatic heterocycles. The van der Waals surface area contributed by atoms with Crippen LogP contribution in [0.5, 0.6) is 0 Å². The molecule has 6 nitrogen and oxygen atoms in total. The van der Waals surface area contributed by atoms with Crippen molar-refractivity contribution in [1.29, 1.82) is 10.5 Å². The summed E-state index contributed by atoms with van der Waals surface area (Å²) in [6.45, 7) is 0. The summed E-state index contributed by atoms with van der Waals surface area (Å²) >= 11 is 6.89. The van der Waals surface area contributed by atoms with E-state index in [1.54, 1.807) is 36.7 Å². The van der Waals surface area contributed by atoms with Crippen molar-refractivity contribution in [1.82, 2.24) is 9.80 Å². The fraction of sp³-hybridized carbons (Fsp3) is 0.0588. The minimum Gasteiger partial charge on any atom is -0.294 e. The molecule has 2 aliphatic rings. The van der Waals surface area contributed by atoms with Crippen LogP contribution < -0.4 is 0 Å². The molecule has 2 amide bonds. The second kappa shape index (κ2) is 12.8. The van der Waals surface area contributed by atoms with E-state index in [9.17, 15) is 20.1 Å². The van der Waals surface area contributed by atoms with Crippen LogP contribution in [-0.4, -0.2) is 21.6 Å². The molecule has 2 unspecified atom stereocenters. The molecule has 0 fully saturated rings. The summed E-state index contributed by atoms with van der Waals surface area (Å²) in [4.78, 5) is 28.1. The fourth-order valence-electron chi connectivity index (χ4n) is 4.78. The number of fused-ring (bicyclic) bond motifs is 2. The van der Waals surface area contributed by atoms with Gasteiger partial charge in [0.1, 0.15) is 12.1 Å². The summed E-state index contributed by atoms with van der Waals surface area (Å²) in [6.07, 6.45) is 7.07. The smallest absolute Gasteiger partial charge is 0.259 e. The maximum absolute atomic E-state index is 12.6. The lowest BCUT2D eigenvalue weighted by atomic mass is 9.96. The molecule has 204 valence electrons. The lowest BCUT2D eigenvalue weighted by Gasteiger charge is -2.29. The van der Waals surface area contributed by atoms with Crippen LogP contribution in [0.25, 0.3) is 12.2 Å². The van der Waals surface area contributed by atoms with E-state index < -0.39 is 12.1 Å². The van der Waals surface area contributed by atoms with Gasteiger partial charge in [-0.15, -0.1) is 0 Å². The Labute approximate surface area is 260 Å². The van der Waals surface area contributed by atoms with Gasteiger partial charge < -0.3 is 0 Å². The van der Waals surface area contributed by atoms with Gasteiger partial charge in [0, 0.05) is 32.5 Å². The Kier molecular flexibility index (Phi) is 8.78. The van der Waals surface area contributed by atoms with Crippen LogP contribution in [0.4, 0.5) is 0 Å². The summed E-state index contributed by atoms with van der Waals surface area (Å²) in [6, 6.07) is 32.6. The summed E-state index contributed by atoms with van der Waals surface area (Å²) < 4.78 is 1.81. The Morgan fingerprint density at radius 1 is 0.643 bits per heavy atom. The molecule has 4 aromatic rings. The van der Waals surface area contributed by atoms with Gasteiger partial charge in [-0.05, 0) is 76.9 Å². The van der Waals surface area contributed by atoms with Gasteiger partial charge in [-0.3, -0.25) is 19.4 Å². The second-order valence-corrected chi connectivity index (χ2v) is 11.1. The average Bonchev–Trinajstić information content (AvgIpc) is 3.04. The SMILES string of the molecule is N#CC1c2cc(Br)ccc2C=CN1C(=O)c1ccccc1.N#CC1c2cccc(Br)c2C=CN1C(=O)c1ccccc1.